The fraction of sp³-hybridized carbons (Fsp3) is 0.188. The van der Waals surface area contributed by atoms with Crippen molar-refractivity contribution in [3.8, 4) is 0 Å². The molecule has 110 valence electrons. The molecule has 21 heavy (non-hydrogen) atoms. The highest BCUT2D eigenvalue weighted by Crippen LogP contribution is 2.15. The van der Waals surface area contributed by atoms with E-state index >= 15 is 0 Å². The van der Waals surface area contributed by atoms with Crippen molar-refractivity contribution in [1.29, 1.82) is 0 Å². The minimum Gasteiger partial charge on any atom is -0.409 e. The van der Waals surface area contributed by atoms with E-state index in [2.05, 4.69) is 10.5 Å². The molecule has 0 heterocycles. The molecule has 0 radical (unpaired) electrons. The van der Waals surface area contributed by atoms with Gasteiger partial charge in [0.05, 0.1) is 5.92 Å². The van der Waals surface area contributed by atoms with Gasteiger partial charge in [0.15, 0.2) is 0 Å². The number of benzene rings is 2. The number of nitrogens with zero attached hydrogens (tertiary/aromatic N) is 1. The second-order valence-corrected chi connectivity index (χ2v) is 4.75. The van der Waals surface area contributed by atoms with Gasteiger partial charge in [-0.05, 0) is 23.3 Å². The average molecular weight is 287 g/mol. The molecule has 0 aliphatic heterocycles. The maximum atomic E-state index is 13.1. The standard InChI is InChI=1S/C16H18FN3O/c17-14-8-4-5-12(9-14)10-19-11-15(16(18)20-21)13-6-2-1-3-7-13/h1-9,15,19,21H,10-11H2,(H2,18,20). The predicted molar refractivity (Wildman–Crippen MR) is 80.7 cm³/mol. The summed E-state index contributed by atoms with van der Waals surface area (Å²) in [5.41, 5.74) is 7.56. The summed E-state index contributed by atoms with van der Waals surface area (Å²) in [6.45, 7) is 1.01. The quantitative estimate of drug-likeness (QED) is 0.331. The summed E-state index contributed by atoms with van der Waals surface area (Å²) in [4.78, 5) is 0. The molecular formula is C16H18FN3O. The number of nitrogens with one attached hydrogen (secondary N) is 1. The van der Waals surface area contributed by atoms with Crippen molar-refractivity contribution in [2.45, 2.75) is 12.5 Å². The van der Waals surface area contributed by atoms with E-state index in [-0.39, 0.29) is 17.6 Å². The first-order chi connectivity index (χ1) is 10.2. The lowest BCUT2D eigenvalue weighted by Gasteiger charge is -2.16. The van der Waals surface area contributed by atoms with E-state index in [0.717, 1.165) is 11.1 Å². The molecule has 2 rings (SSSR count). The van der Waals surface area contributed by atoms with Crippen LogP contribution in [0.3, 0.4) is 0 Å². The van der Waals surface area contributed by atoms with Gasteiger partial charge < -0.3 is 16.3 Å². The van der Waals surface area contributed by atoms with Gasteiger partial charge in [-0.2, -0.15) is 0 Å². The number of nitrogens with two attached hydrogens (primary N) is 1. The first-order valence-corrected chi connectivity index (χ1v) is 6.68. The van der Waals surface area contributed by atoms with Crippen LogP contribution in [-0.2, 0) is 6.54 Å². The zero-order valence-electron chi connectivity index (χ0n) is 11.5. The van der Waals surface area contributed by atoms with E-state index in [9.17, 15) is 4.39 Å². The molecule has 4 N–H and O–H groups in total. The van der Waals surface area contributed by atoms with Gasteiger partial charge in [0.25, 0.3) is 0 Å². The van der Waals surface area contributed by atoms with Crippen LogP contribution in [0.1, 0.15) is 17.0 Å². The van der Waals surface area contributed by atoms with Gasteiger partial charge in [0, 0.05) is 13.1 Å². The maximum Gasteiger partial charge on any atom is 0.147 e. The molecule has 0 aromatic heterocycles. The molecule has 0 amide bonds. The monoisotopic (exact) mass is 287 g/mol. The van der Waals surface area contributed by atoms with Crippen LogP contribution in [-0.4, -0.2) is 17.6 Å². The van der Waals surface area contributed by atoms with E-state index in [4.69, 9.17) is 10.9 Å². The van der Waals surface area contributed by atoms with E-state index in [1.165, 1.54) is 12.1 Å². The average Bonchev–Trinajstić information content (AvgIpc) is 2.52. The van der Waals surface area contributed by atoms with Crippen LogP contribution in [0, 0.1) is 5.82 Å². The van der Waals surface area contributed by atoms with Crippen molar-refractivity contribution < 1.29 is 9.60 Å². The van der Waals surface area contributed by atoms with Gasteiger partial charge in [0.1, 0.15) is 11.7 Å². The molecule has 0 aliphatic rings. The largest absolute Gasteiger partial charge is 0.409 e. The molecule has 5 heteroatoms. The zero-order valence-corrected chi connectivity index (χ0v) is 11.5. The molecule has 0 spiro atoms. The first kappa shape index (κ1) is 15.0. The van der Waals surface area contributed by atoms with Crippen molar-refractivity contribution >= 4 is 5.84 Å². The molecule has 2 aromatic rings. The first-order valence-electron chi connectivity index (χ1n) is 6.68. The molecular weight excluding hydrogens is 269 g/mol. The Bertz CT molecular complexity index is 601. The summed E-state index contributed by atoms with van der Waals surface area (Å²) < 4.78 is 13.1. The molecule has 0 bridgehead atoms. The van der Waals surface area contributed by atoms with Gasteiger partial charge in [-0.25, -0.2) is 4.39 Å². The number of halogens is 1. The van der Waals surface area contributed by atoms with Gasteiger partial charge in [-0.1, -0.05) is 47.6 Å². The van der Waals surface area contributed by atoms with Crippen LogP contribution in [0.2, 0.25) is 0 Å². The minimum absolute atomic E-state index is 0.146. The highest BCUT2D eigenvalue weighted by molar-refractivity contribution is 5.87. The third kappa shape index (κ3) is 4.29. The summed E-state index contributed by atoms with van der Waals surface area (Å²) >= 11 is 0. The highest BCUT2D eigenvalue weighted by atomic mass is 19.1. The third-order valence-corrected chi connectivity index (χ3v) is 3.24. The predicted octanol–water partition coefficient (Wildman–Crippen LogP) is 2.45. The van der Waals surface area contributed by atoms with Crippen LogP contribution in [0.4, 0.5) is 4.39 Å². The second-order valence-electron chi connectivity index (χ2n) is 4.75. The smallest absolute Gasteiger partial charge is 0.147 e. The topological polar surface area (TPSA) is 70.6 Å². The van der Waals surface area contributed by atoms with Gasteiger partial charge >= 0.3 is 0 Å². The van der Waals surface area contributed by atoms with Crippen LogP contribution >= 0.6 is 0 Å². The second kappa shape index (κ2) is 7.40. The number of hydrogen-bond donors (Lipinski definition) is 3. The molecule has 1 unspecified atom stereocenters. The van der Waals surface area contributed by atoms with E-state index in [1.807, 2.05) is 36.4 Å². The molecule has 4 nitrogen and oxygen atoms in total. The summed E-state index contributed by atoms with van der Waals surface area (Å²) in [7, 11) is 0. The van der Waals surface area contributed by atoms with Crippen LogP contribution in [0.25, 0.3) is 0 Å². The summed E-state index contributed by atoms with van der Waals surface area (Å²) in [6.07, 6.45) is 0. The molecule has 0 saturated carbocycles. The van der Waals surface area contributed by atoms with Crippen LogP contribution in [0.5, 0.6) is 0 Å². The molecule has 2 aromatic carbocycles. The van der Waals surface area contributed by atoms with E-state index in [1.54, 1.807) is 6.07 Å². The van der Waals surface area contributed by atoms with Crippen LogP contribution in [0.15, 0.2) is 59.8 Å². The van der Waals surface area contributed by atoms with Crippen molar-refractivity contribution in [3.63, 3.8) is 0 Å². The van der Waals surface area contributed by atoms with E-state index in [0.29, 0.717) is 13.1 Å². The lowest BCUT2D eigenvalue weighted by molar-refractivity contribution is 0.315. The zero-order chi connectivity index (χ0) is 15.1. The van der Waals surface area contributed by atoms with Crippen molar-refractivity contribution in [2.24, 2.45) is 10.9 Å². The third-order valence-electron chi connectivity index (χ3n) is 3.24. The van der Waals surface area contributed by atoms with E-state index < -0.39 is 0 Å². The van der Waals surface area contributed by atoms with Crippen molar-refractivity contribution in [2.75, 3.05) is 6.54 Å². The number of hydrogen-bond acceptors (Lipinski definition) is 3. The fourth-order valence-electron chi connectivity index (χ4n) is 2.16. The Kier molecular flexibility index (Phi) is 5.29. The lowest BCUT2D eigenvalue weighted by Crippen LogP contribution is -2.31. The van der Waals surface area contributed by atoms with Gasteiger partial charge in [-0.3, -0.25) is 0 Å². The normalized spacial score (nSPS) is 13.1. The number of rotatable bonds is 6. The minimum atomic E-state index is -0.259. The van der Waals surface area contributed by atoms with Gasteiger partial charge in [-0.15, -0.1) is 0 Å². The SMILES string of the molecule is NC(=NO)C(CNCc1cccc(F)c1)c1ccccc1. The Morgan fingerprint density at radius 3 is 2.62 bits per heavy atom. The van der Waals surface area contributed by atoms with Crippen LogP contribution < -0.4 is 11.1 Å². The lowest BCUT2D eigenvalue weighted by atomic mass is 9.98. The molecule has 0 aliphatic carbocycles. The summed E-state index contributed by atoms with van der Waals surface area (Å²) in [5, 5.41) is 15.2. The van der Waals surface area contributed by atoms with Crippen molar-refractivity contribution in [1.82, 2.24) is 5.32 Å². The summed E-state index contributed by atoms with van der Waals surface area (Å²) in [5.74, 6) is -0.344. The molecule has 0 fully saturated rings. The molecule has 0 saturated heterocycles. The van der Waals surface area contributed by atoms with Crippen molar-refractivity contribution in [3.05, 3.63) is 71.5 Å². The summed E-state index contributed by atoms with van der Waals surface area (Å²) in [6, 6.07) is 16.0. The Hall–Kier alpha value is -2.40. The molecule has 1 atom stereocenters. The fourth-order valence-corrected chi connectivity index (χ4v) is 2.16. The highest BCUT2D eigenvalue weighted by Gasteiger charge is 2.15. The Balaban J connectivity index is 2.00. The Morgan fingerprint density at radius 2 is 1.95 bits per heavy atom. The maximum absolute atomic E-state index is 13.1. The number of amidine groups is 1. The number of oxime groups is 1. The van der Waals surface area contributed by atoms with Gasteiger partial charge in [0.2, 0.25) is 0 Å². The Morgan fingerprint density at radius 1 is 1.19 bits per heavy atom. The Labute approximate surface area is 123 Å².